The Labute approximate surface area is 184 Å². The van der Waals surface area contributed by atoms with E-state index in [1.165, 1.54) is 30.7 Å². The molecule has 168 valence electrons. The van der Waals surface area contributed by atoms with Crippen LogP contribution in [0.15, 0.2) is 35.2 Å². The fourth-order valence-corrected chi connectivity index (χ4v) is 5.24. The molecule has 0 aromatic heterocycles. The molecule has 7 nitrogen and oxygen atoms in total. The van der Waals surface area contributed by atoms with Crippen molar-refractivity contribution in [1.29, 1.82) is 0 Å². The van der Waals surface area contributed by atoms with Crippen LogP contribution in [0.5, 0.6) is 17.2 Å². The Bertz CT molecular complexity index is 1070. The van der Waals surface area contributed by atoms with Crippen molar-refractivity contribution >= 4 is 16.0 Å². The van der Waals surface area contributed by atoms with Crippen molar-refractivity contribution < 1.29 is 27.4 Å². The number of hydrogen-bond donors (Lipinski definition) is 0. The van der Waals surface area contributed by atoms with Crippen molar-refractivity contribution in [3.63, 3.8) is 0 Å². The molecule has 1 saturated heterocycles. The zero-order valence-electron chi connectivity index (χ0n) is 18.6. The number of piperidine rings is 1. The maximum Gasteiger partial charge on any atom is 0.314 e. The van der Waals surface area contributed by atoms with Crippen molar-refractivity contribution in [2.45, 2.75) is 38.5 Å². The van der Waals surface area contributed by atoms with Gasteiger partial charge in [0.1, 0.15) is 5.75 Å². The van der Waals surface area contributed by atoms with E-state index >= 15 is 0 Å². The summed E-state index contributed by atoms with van der Waals surface area (Å²) in [6.45, 7) is 6.37. The molecule has 2 aromatic rings. The molecule has 1 aliphatic heterocycles. The highest BCUT2D eigenvalue weighted by molar-refractivity contribution is 7.89. The van der Waals surface area contributed by atoms with Crippen LogP contribution in [0.3, 0.4) is 0 Å². The zero-order valence-corrected chi connectivity index (χ0v) is 19.4. The number of esters is 1. The SMILES string of the molecule is COc1ccc(S(=O)(=O)N2CCC(C(=O)Oc3cc(C)cc(C)c3C)CC2)cc1OC. The van der Waals surface area contributed by atoms with E-state index < -0.39 is 10.0 Å². The van der Waals surface area contributed by atoms with Gasteiger partial charge >= 0.3 is 5.97 Å². The Hall–Kier alpha value is -2.58. The van der Waals surface area contributed by atoms with Gasteiger partial charge in [0, 0.05) is 19.2 Å². The van der Waals surface area contributed by atoms with Crippen LogP contribution in [0.4, 0.5) is 0 Å². The number of rotatable bonds is 6. The number of carbonyl (C=O) groups is 1. The van der Waals surface area contributed by atoms with Crippen molar-refractivity contribution in [1.82, 2.24) is 4.31 Å². The summed E-state index contributed by atoms with van der Waals surface area (Å²) in [4.78, 5) is 12.8. The van der Waals surface area contributed by atoms with Crippen molar-refractivity contribution in [2.75, 3.05) is 27.3 Å². The van der Waals surface area contributed by atoms with Crippen LogP contribution in [-0.4, -0.2) is 46.0 Å². The number of benzene rings is 2. The minimum absolute atomic E-state index is 0.136. The first-order chi connectivity index (χ1) is 14.7. The van der Waals surface area contributed by atoms with Crippen LogP contribution in [0.1, 0.15) is 29.5 Å². The maximum atomic E-state index is 13.1. The van der Waals surface area contributed by atoms with E-state index in [-0.39, 0.29) is 29.9 Å². The van der Waals surface area contributed by atoms with Gasteiger partial charge in [0.05, 0.1) is 25.0 Å². The second-order valence-corrected chi connectivity index (χ2v) is 9.76. The molecule has 0 bridgehead atoms. The summed E-state index contributed by atoms with van der Waals surface area (Å²) in [5.74, 6) is 0.742. The summed E-state index contributed by atoms with van der Waals surface area (Å²) in [7, 11) is -0.743. The van der Waals surface area contributed by atoms with Crippen molar-refractivity contribution in [3.05, 3.63) is 47.0 Å². The van der Waals surface area contributed by atoms with Crippen LogP contribution >= 0.6 is 0 Å². The van der Waals surface area contributed by atoms with Crippen LogP contribution in [-0.2, 0) is 14.8 Å². The van der Waals surface area contributed by atoms with Crippen LogP contribution < -0.4 is 14.2 Å². The van der Waals surface area contributed by atoms with Crippen LogP contribution in [0.2, 0.25) is 0 Å². The summed E-state index contributed by atoms with van der Waals surface area (Å²) in [6, 6.07) is 8.43. The summed E-state index contributed by atoms with van der Waals surface area (Å²) in [6.07, 6.45) is 0.824. The Morgan fingerprint density at radius 1 is 0.935 bits per heavy atom. The van der Waals surface area contributed by atoms with E-state index in [0.29, 0.717) is 30.1 Å². The molecule has 1 fully saturated rings. The molecular formula is C23H29NO6S. The average molecular weight is 448 g/mol. The molecule has 1 aliphatic rings. The third-order valence-electron chi connectivity index (χ3n) is 5.75. The normalized spacial score (nSPS) is 15.5. The van der Waals surface area contributed by atoms with Crippen LogP contribution in [0.25, 0.3) is 0 Å². The molecule has 8 heteroatoms. The first kappa shape index (κ1) is 23.1. The first-order valence-electron chi connectivity index (χ1n) is 10.2. The third kappa shape index (κ3) is 4.85. The Morgan fingerprint density at radius 3 is 2.19 bits per heavy atom. The molecule has 0 N–H and O–H groups in total. The van der Waals surface area contributed by atoms with Gasteiger partial charge in [-0.1, -0.05) is 6.07 Å². The predicted octanol–water partition coefficient (Wildman–Crippen LogP) is 3.64. The van der Waals surface area contributed by atoms with Gasteiger partial charge in [-0.3, -0.25) is 4.79 Å². The lowest BCUT2D eigenvalue weighted by molar-refractivity contribution is -0.140. The average Bonchev–Trinajstić information content (AvgIpc) is 2.76. The van der Waals surface area contributed by atoms with Gasteiger partial charge in [-0.15, -0.1) is 0 Å². The van der Waals surface area contributed by atoms with Gasteiger partial charge in [-0.05, 0) is 68.5 Å². The molecule has 1 heterocycles. The number of hydrogen-bond acceptors (Lipinski definition) is 6. The first-order valence-corrected chi connectivity index (χ1v) is 11.6. The molecule has 0 atom stereocenters. The fourth-order valence-electron chi connectivity index (χ4n) is 3.76. The predicted molar refractivity (Wildman–Crippen MR) is 117 cm³/mol. The molecule has 0 radical (unpaired) electrons. The van der Waals surface area contributed by atoms with Gasteiger partial charge in [-0.25, -0.2) is 8.42 Å². The Kier molecular flexibility index (Phi) is 6.91. The molecule has 0 unspecified atom stereocenters. The van der Waals surface area contributed by atoms with Gasteiger partial charge in [0.15, 0.2) is 11.5 Å². The van der Waals surface area contributed by atoms with Gasteiger partial charge in [-0.2, -0.15) is 4.31 Å². The van der Waals surface area contributed by atoms with Crippen LogP contribution in [0, 0.1) is 26.7 Å². The highest BCUT2D eigenvalue weighted by atomic mass is 32.2. The van der Waals surface area contributed by atoms with Gasteiger partial charge in [0.25, 0.3) is 0 Å². The molecule has 0 amide bonds. The van der Waals surface area contributed by atoms with Crippen molar-refractivity contribution in [2.24, 2.45) is 5.92 Å². The smallest absolute Gasteiger partial charge is 0.314 e. The number of aryl methyl sites for hydroxylation is 2. The molecule has 0 saturated carbocycles. The minimum Gasteiger partial charge on any atom is -0.493 e. The second-order valence-electron chi connectivity index (χ2n) is 7.82. The van der Waals surface area contributed by atoms with Gasteiger partial charge in [0.2, 0.25) is 10.0 Å². The molecule has 0 spiro atoms. The molecule has 2 aromatic carbocycles. The minimum atomic E-state index is -3.70. The summed E-state index contributed by atoms with van der Waals surface area (Å²) >= 11 is 0. The lowest BCUT2D eigenvalue weighted by Gasteiger charge is -2.30. The largest absolute Gasteiger partial charge is 0.493 e. The van der Waals surface area contributed by atoms with Crippen molar-refractivity contribution in [3.8, 4) is 17.2 Å². The lowest BCUT2D eigenvalue weighted by Crippen LogP contribution is -2.41. The summed E-state index contributed by atoms with van der Waals surface area (Å²) < 4.78 is 43.6. The standard InChI is InChI=1S/C23H29NO6S/c1-15-12-16(2)17(3)21(13-15)30-23(25)18-8-10-24(11-9-18)31(26,27)19-6-7-20(28-4)22(14-19)29-5/h6-7,12-14,18H,8-11H2,1-5H3. The molecular weight excluding hydrogens is 418 g/mol. The number of carbonyl (C=O) groups excluding carboxylic acids is 1. The lowest BCUT2D eigenvalue weighted by atomic mass is 9.98. The number of sulfonamides is 1. The number of ether oxygens (including phenoxy) is 3. The Balaban J connectivity index is 1.68. The maximum absolute atomic E-state index is 13.1. The quantitative estimate of drug-likeness (QED) is 0.497. The molecule has 0 aliphatic carbocycles. The summed E-state index contributed by atoms with van der Waals surface area (Å²) in [5, 5.41) is 0. The molecule has 3 rings (SSSR count). The second kappa shape index (κ2) is 9.28. The number of nitrogens with zero attached hydrogens (tertiary/aromatic N) is 1. The van der Waals surface area contributed by atoms with E-state index in [2.05, 4.69) is 0 Å². The monoisotopic (exact) mass is 447 g/mol. The topological polar surface area (TPSA) is 82.1 Å². The third-order valence-corrected chi connectivity index (χ3v) is 7.65. The Morgan fingerprint density at radius 2 is 1.58 bits per heavy atom. The van der Waals surface area contributed by atoms with E-state index in [1.54, 1.807) is 6.07 Å². The van der Waals surface area contributed by atoms with E-state index in [9.17, 15) is 13.2 Å². The van der Waals surface area contributed by atoms with E-state index in [1.807, 2.05) is 32.9 Å². The van der Waals surface area contributed by atoms with E-state index in [0.717, 1.165) is 16.7 Å². The molecule has 31 heavy (non-hydrogen) atoms. The van der Waals surface area contributed by atoms with E-state index in [4.69, 9.17) is 14.2 Å². The number of methoxy groups -OCH3 is 2. The fraction of sp³-hybridized carbons (Fsp3) is 0.435. The highest BCUT2D eigenvalue weighted by Crippen LogP contribution is 2.32. The zero-order chi connectivity index (χ0) is 22.8. The highest BCUT2D eigenvalue weighted by Gasteiger charge is 2.33. The van der Waals surface area contributed by atoms with Gasteiger partial charge < -0.3 is 14.2 Å². The summed E-state index contributed by atoms with van der Waals surface area (Å²) in [5.41, 5.74) is 3.03.